The van der Waals surface area contributed by atoms with E-state index in [-0.39, 0.29) is 53.1 Å². The fraction of sp³-hybridized carbons (Fsp3) is 0. The van der Waals surface area contributed by atoms with Crippen molar-refractivity contribution in [2.75, 3.05) is 0 Å². The summed E-state index contributed by atoms with van der Waals surface area (Å²) in [5.41, 5.74) is 5.17. The molecule has 0 aliphatic heterocycles. The molecule has 0 aromatic heterocycles. The quantitative estimate of drug-likeness (QED) is 0.179. The molecule has 0 atom stereocenters. The van der Waals surface area contributed by atoms with Crippen LogP contribution in [0.2, 0.25) is 0 Å². The summed E-state index contributed by atoms with van der Waals surface area (Å²) in [4.78, 5) is 0. The number of fused-ring (bicyclic) bond motifs is 4. The van der Waals surface area contributed by atoms with E-state index in [9.17, 15) is 6.85 Å². The molecular formula is C46H30. The van der Waals surface area contributed by atoms with Gasteiger partial charge in [-0.05, 0) is 93.6 Å². The van der Waals surface area contributed by atoms with Crippen molar-refractivity contribution in [3.63, 3.8) is 0 Å². The van der Waals surface area contributed by atoms with Crippen LogP contribution in [0.25, 0.3) is 87.6 Å². The van der Waals surface area contributed by atoms with E-state index >= 15 is 0 Å². The maximum Gasteiger partial charge on any atom is 0.0636 e. The first-order valence-electron chi connectivity index (χ1n) is 18.9. The van der Waals surface area contributed by atoms with Gasteiger partial charge in [0.05, 0.1) is 9.60 Å². The number of benzene rings is 9. The first kappa shape index (κ1) is 20.1. The average molecular weight is 590 g/mol. The molecule has 9 aromatic rings. The number of hydrogen-bond acceptors (Lipinski definition) is 0. The molecule has 0 amide bonds. The van der Waals surface area contributed by atoms with Crippen LogP contribution < -0.4 is 0 Å². The second kappa shape index (κ2) is 10.9. The minimum absolute atomic E-state index is 0.0213. The molecule has 214 valence electrons. The topological polar surface area (TPSA) is 0 Å². The third kappa shape index (κ3) is 4.23. The second-order valence-corrected chi connectivity index (χ2v) is 11.5. The fourth-order valence-electron chi connectivity index (χ4n) is 6.86. The van der Waals surface area contributed by atoms with Crippen LogP contribution in [0, 0.1) is 0 Å². The molecule has 9 aromatic carbocycles. The summed E-state index contributed by atoms with van der Waals surface area (Å²) < 4.78 is 65.9. The standard InChI is InChI=1S/C46H30/c1-3-14-31(15-4-1)35-23-12-26-39-37(24-13-25-38(35)39)34-28-29-43-44(30-34)46(40-27-11-19-32-16-7-8-20-36(32)40)42-22-10-9-21-41(42)45(43)33-17-5-2-6-18-33/h1-30H/i9D,10D,21D,22D,28D,29D,30D. The third-order valence-corrected chi connectivity index (χ3v) is 8.90. The van der Waals surface area contributed by atoms with Crippen molar-refractivity contribution in [3.8, 4) is 44.5 Å². The van der Waals surface area contributed by atoms with Gasteiger partial charge in [0.1, 0.15) is 0 Å². The zero-order valence-corrected chi connectivity index (χ0v) is 24.8. The third-order valence-electron chi connectivity index (χ3n) is 8.90. The molecule has 0 saturated carbocycles. The van der Waals surface area contributed by atoms with Gasteiger partial charge in [0.25, 0.3) is 0 Å². The SMILES string of the molecule is [2H]c1c([2H])c([2H])c2c(-c3cccc4ccccc34)c3c([2H])c(-c4cccc5c(-c6ccccc6)cccc45)c([2H])c([2H])c3c(-c3ccccc3)c2c1[2H]. The van der Waals surface area contributed by atoms with Crippen molar-refractivity contribution in [1.29, 1.82) is 0 Å². The highest BCUT2D eigenvalue weighted by molar-refractivity contribution is 6.24. The lowest BCUT2D eigenvalue weighted by atomic mass is 9.83. The van der Waals surface area contributed by atoms with Gasteiger partial charge < -0.3 is 0 Å². The summed E-state index contributed by atoms with van der Waals surface area (Å²) in [5, 5.41) is 4.77. The van der Waals surface area contributed by atoms with E-state index in [0.29, 0.717) is 44.2 Å². The Labute approximate surface area is 278 Å². The first-order chi connectivity index (χ1) is 25.8. The first-order valence-corrected chi connectivity index (χ1v) is 15.4. The van der Waals surface area contributed by atoms with Crippen molar-refractivity contribution >= 4 is 43.1 Å². The lowest BCUT2D eigenvalue weighted by Crippen LogP contribution is -1.93. The zero-order valence-electron chi connectivity index (χ0n) is 31.8. The monoisotopic (exact) mass is 589 g/mol. The molecule has 0 aliphatic carbocycles. The van der Waals surface area contributed by atoms with Crippen LogP contribution in [0.3, 0.4) is 0 Å². The molecule has 0 spiro atoms. The Morgan fingerprint density at radius 1 is 0.304 bits per heavy atom. The molecule has 0 bridgehead atoms. The Balaban J connectivity index is 1.55. The summed E-state index contributed by atoms with van der Waals surface area (Å²) in [6.45, 7) is 0. The molecule has 0 saturated heterocycles. The van der Waals surface area contributed by atoms with Gasteiger partial charge >= 0.3 is 0 Å². The Morgan fingerprint density at radius 3 is 1.57 bits per heavy atom. The highest BCUT2D eigenvalue weighted by atomic mass is 14.2. The summed E-state index contributed by atoms with van der Waals surface area (Å²) in [6.07, 6.45) is 0. The molecular weight excluding hydrogens is 553 g/mol. The molecule has 0 N–H and O–H groups in total. The largest absolute Gasteiger partial charge is 0.0636 e. The predicted octanol–water partition coefficient (Wildman–Crippen LogP) is 13.0. The van der Waals surface area contributed by atoms with Crippen molar-refractivity contribution in [1.82, 2.24) is 0 Å². The fourth-order valence-corrected chi connectivity index (χ4v) is 6.86. The average Bonchev–Trinajstić information content (AvgIpc) is 3.20. The maximum absolute atomic E-state index is 10.2. The van der Waals surface area contributed by atoms with Gasteiger partial charge in [0, 0.05) is 0 Å². The van der Waals surface area contributed by atoms with E-state index < -0.39 is 0 Å². The minimum atomic E-state index is -0.381. The summed E-state index contributed by atoms with van der Waals surface area (Å²) in [5.74, 6) is 0. The number of rotatable bonds is 4. The van der Waals surface area contributed by atoms with Crippen molar-refractivity contribution in [2.24, 2.45) is 0 Å². The normalized spacial score (nSPS) is 13.6. The van der Waals surface area contributed by atoms with Gasteiger partial charge in [-0.2, -0.15) is 0 Å². The minimum Gasteiger partial charge on any atom is -0.0622 e. The summed E-state index contributed by atoms with van der Waals surface area (Å²) in [6, 6.07) is 43.4. The maximum atomic E-state index is 10.2. The Kier molecular flexibility index (Phi) is 4.76. The van der Waals surface area contributed by atoms with Gasteiger partial charge in [-0.3, -0.25) is 0 Å². The van der Waals surface area contributed by atoms with Crippen LogP contribution in [0.15, 0.2) is 182 Å². The van der Waals surface area contributed by atoms with Gasteiger partial charge in [0.2, 0.25) is 0 Å². The van der Waals surface area contributed by atoms with Crippen LogP contribution in [0.1, 0.15) is 9.60 Å². The highest BCUT2D eigenvalue weighted by Gasteiger charge is 2.19. The van der Waals surface area contributed by atoms with Gasteiger partial charge in [-0.1, -0.05) is 176 Å². The summed E-state index contributed by atoms with van der Waals surface area (Å²) >= 11 is 0. The van der Waals surface area contributed by atoms with Crippen LogP contribution in [0.4, 0.5) is 0 Å². The van der Waals surface area contributed by atoms with Crippen LogP contribution in [-0.2, 0) is 0 Å². The zero-order chi connectivity index (χ0) is 36.5. The van der Waals surface area contributed by atoms with E-state index in [2.05, 4.69) is 18.2 Å². The van der Waals surface area contributed by atoms with E-state index in [1.807, 2.05) is 121 Å². The van der Waals surface area contributed by atoms with E-state index in [1.165, 1.54) is 0 Å². The van der Waals surface area contributed by atoms with Gasteiger partial charge in [-0.25, -0.2) is 0 Å². The molecule has 0 fully saturated rings. The molecule has 0 aliphatic rings. The number of hydrogen-bond donors (Lipinski definition) is 0. The highest BCUT2D eigenvalue weighted by Crippen LogP contribution is 2.46. The lowest BCUT2D eigenvalue weighted by Gasteiger charge is -2.20. The van der Waals surface area contributed by atoms with E-state index in [0.717, 1.165) is 32.7 Å². The van der Waals surface area contributed by atoms with E-state index in [4.69, 9.17) is 2.74 Å². The lowest BCUT2D eigenvalue weighted by molar-refractivity contribution is 1.63. The molecule has 9 rings (SSSR count). The smallest absolute Gasteiger partial charge is 0.0622 e. The van der Waals surface area contributed by atoms with E-state index in [1.54, 1.807) is 0 Å². The van der Waals surface area contributed by atoms with Crippen molar-refractivity contribution in [2.45, 2.75) is 0 Å². The molecule has 0 nitrogen and oxygen atoms in total. The van der Waals surface area contributed by atoms with Gasteiger partial charge in [-0.15, -0.1) is 0 Å². The summed E-state index contributed by atoms with van der Waals surface area (Å²) in [7, 11) is 0. The molecule has 0 unspecified atom stereocenters. The predicted molar refractivity (Wildman–Crippen MR) is 198 cm³/mol. The van der Waals surface area contributed by atoms with Crippen LogP contribution in [0.5, 0.6) is 0 Å². The van der Waals surface area contributed by atoms with Crippen LogP contribution in [-0.4, -0.2) is 0 Å². The Morgan fingerprint density at radius 2 is 0.826 bits per heavy atom. The molecule has 0 heteroatoms. The van der Waals surface area contributed by atoms with Crippen molar-refractivity contribution < 1.29 is 9.60 Å². The second-order valence-electron chi connectivity index (χ2n) is 11.5. The van der Waals surface area contributed by atoms with Crippen molar-refractivity contribution in [3.05, 3.63) is 182 Å². The Hall–Kier alpha value is -5.98. The molecule has 0 radical (unpaired) electrons. The van der Waals surface area contributed by atoms with Gasteiger partial charge in [0.15, 0.2) is 0 Å². The van der Waals surface area contributed by atoms with Crippen LogP contribution >= 0.6 is 0 Å². The molecule has 46 heavy (non-hydrogen) atoms. The Bertz CT molecular complexity index is 2950. The molecule has 0 heterocycles.